The lowest BCUT2D eigenvalue weighted by Gasteiger charge is -2.04. The first-order chi connectivity index (χ1) is 14.5. The molecule has 0 fully saturated rings. The minimum absolute atomic E-state index is 0.0343. The van der Waals surface area contributed by atoms with E-state index in [0.717, 1.165) is 0 Å². The quantitative estimate of drug-likeness (QED) is 0.335. The van der Waals surface area contributed by atoms with Crippen molar-refractivity contribution in [1.29, 1.82) is 0 Å². The Labute approximate surface area is 176 Å². The normalized spacial score (nSPS) is 10.8. The molecule has 1 heterocycles. The molecule has 0 spiro atoms. The van der Waals surface area contributed by atoms with E-state index in [1.807, 2.05) is 0 Å². The fourth-order valence-corrected chi connectivity index (χ4v) is 2.67. The van der Waals surface area contributed by atoms with Crippen molar-refractivity contribution in [2.75, 3.05) is 19.0 Å². The number of hydrazone groups is 1. The Hall–Kier alpha value is -3.65. The van der Waals surface area contributed by atoms with Gasteiger partial charge in [0.15, 0.2) is 0 Å². The number of furan rings is 1. The molecule has 154 valence electrons. The zero-order valence-electron chi connectivity index (χ0n) is 15.8. The molecule has 7 nitrogen and oxygen atoms in total. The third kappa shape index (κ3) is 5.45. The van der Waals surface area contributed by atoms with Gasteiger partial charge in [0.25, 0.3) is 5.91 Å². The molecule has 0 atom stereocenters. The summed E-state index contributed by atoms with van der Waals surface area (Å²) in [6.07, 6.45) is 1.34. The van der Waals surface area contributed by atoms with E-state index >= 15 is 0 Å². The van der Waals surface area contributed by atoms with Crippen molar-refractivity contribution in [2.45, 2.75) is 0 Å². The second-order valence-corrected chi connectivity index (χ2v) is 6.45. The van der Waals surface area contributed by atoms with Gasteiger partial charge in [-0.2, -0.15) is 5.10 Å². The number of nitrogens with one attached hydrogen (secondary N) is 2. The molecule has 30 heavy (non-hydrogen) atoms. The largest absolute Gasteiger partial charge is 0.465 e. The van der Waals surface area contributed by atoms with E-state index in [4.69, 9.17) is 20.8 Å². The molecule has 0 unspecified atom stereocenters. The molecule has 0 radical (unpaired) electrons. The van der Waals surface area contributed by atoms with E-state index in [1.54, 1.807) is 30.3 Å². The number of benzene rings is 2. The number of esters is 1. The van der Waals surface area contributed by atoms with E-state index < -0.39 is 5.97 Å². The van der Waals surface area contributed by atoms with Crippen molar-refractivity contribution in [1.82, 2.24) is 5.43 Å². The van der Waals surface area contributed by atoms with Crippen LogP contribution < -0.4 is 10.7 Å². The zero-order chi connectivity index (χ0) is 21.5. The molecule has 2 aromatic carbocycles. The smallest absolute Gasteiger partial charge is 0.339 e. The highest BCUT2D eigenvalue weighted by Crippen LogP contribution is 2.27. The average Bonchev–Trinajstić information content (AvgIpc) is 3.22. The number of halogens is 2. The number of carbonyl (C=O) groups is 2. The van der Waals surface area contributed by atoms with Gasteiger partial charge in [0, 0.05) is 11.3 Å². The van der Waals surface area contributed by atoms with Gasteiger partial charge in [0.05, 0.1) is 30.5 Å². The maximum Gasteiger partial charge on any atom is 0.339 e. The number of ether oxygens (including phenoxy) is 1. The van der Waals surface area contributed by atoms with Gasteiger partial charge in [-0.25, -0.2) is 14.6 Å². The number of rotatable bonds is 7. The summed E-state index contributed by atoms with van der Waals surface area (Å²) >= 11 is 6.02. The van der Waals surface area contributed by atoms with Crippen molar-refractivity contribution in [2.24, 2.45) is 5.10 Å². The average molecular weight is 430 g/mol. The molecule has 0 aliphatic carbocycles. The first kappa shape index (κ1) is 21.1. The van der Waals surface area contributed by atoms with E-state index in [1.165, 1.54) is 37.6 Å². The summed E-state index contributed by atoms with van der Waals surface area (Å²) in [6.45, 7) is -0.0343. The molecule has 0 bridgehead atoms. The predicted molar refractivity (Wildman–Crippen MR) is 111 cm³/mol. The molecular weight excluding hydrogens is 413 g/mol. The minimum atomic E-state index is -0.549. The summed E-state index contributed by atoms with van der Waals surface area (Å²) in [6, 6.07) is 13.8. The zero-order valence-corrected chi connectivity index (χ0v) is 16.6. The number of carbonyl (C=O) groups excluding carboxylic acids is 2. The first-order valence-corrected chi connectivity index (χ1v) is 9.13. The second kappa shape index (κ2) is 9.71. The molecule has 0 aliphatic heterocycles. The van der Waals surface area contributed by atoms with Crippen molar-refractivity contribution >= 4 is 35.4 Å². The Morgan fingerprint density at radius 2 is 1.93 bits per heavy atom. The fraction of sp³-hybridized carbons (Fsp3) is 0.0952. The number of amides is 1. The summed E-state index contributed by atoms with van der Waals surface area (Å²) in [5.74, 6) is -0.406. The monoisotopic (exact) mass is 429 g/mol. The first-order valence-electron chi connectivity index (χ1n) is 8.75. The maximum absolute atomic E-state index is 12.9. The van der Waals surface area contributed by atoms with Crippen molar-refractivity contribution in [3.8, 4) is 11.3 Å². The predicted octanol–water partition coefficient (Wildman–Crippen LogP) is 4.09. The minimum Gasteiger partial charge on any atom is -0.465 e. The van der Waals surface area contributed by atoms with Crippen molar-refractivity contribution in [3.05, 3.63) is 76.8 Å². The van der Waals surface area contributed by atoms with Crippen LogP contribution in [0.1, 0.15) is 16.1 Å². The highest BCUT2D eigenvalue weighted by Gasteiger charge is 2.13. The van der Waals surface area contributed by atoms with Crippen LogP contribution in [0.3, 0.4) is 0 Å². The lowest BCUT2D eigenvalue weighted by molar-refractivity contribution is -0.119. The number of anilines is 1. The Bertz CT molecular complexity index is 1080. The van der Waals surface area contributed by atoms with Gasteiger partial charge >= 0.3 is 5.97 Å². The van der Waals surface area contributed by atoms with Crippen LogP contribution in [0.4, 0.5) is 10.1 Å². The molecule has 2 N–H and O–H groups in total. The number of methoxy groups -OCH3 is 1. The van der Waals surface area contributed by atoms with Gasteiger partial charge < -0.3 is 14.5 Å². The molecule has 9 heteroatoms. The van der Waals surface area contributed by atoms with Crippen LogP contribution in [0.5, 0.6) is 0 Å². The Morgan fingerprint density at radius 1 is 1.17 bits per heavy atom. The van der Waals surface area contributed by atoms with Gasteiger partial charge in [0.1, 0.15) is 17.3 Å². The Morgan fingerprint density at radius 3 is 2.67 bits per heavy atom. The highest BCUT2D eigenvalue weighted by molar-refractivity contribution is 6.33. The lowest BCUT2D eigenvalue weighted by Crippen LogP contribution is -2.25. The van der Waals surface area contributed by atoms with Crippen molar-refractivity contribution < 1.29 is 23.1 Å². The van der Waals surface area contributed by atoms with Crippen LogP contribution in [0, 0.1) is 5.82 Å². The Balaban J connectivity index is 1.57. The molecule has 3 rings (SSSR count). The molecule has 1 amide bonds. The van der Waals surface area contributed by atoms with Gasteiger partial charge in [-0.3, -0.25) is 4.79 Å². The van der Waals surface area contributed by atoms with Gasteiger partial charge in [-0.05, 0) is 54.6 Å². The molecule has 0 saturated carbocycles. The van der Waals surface area contributed by atoms with Gasteiger partial charge in [-0.1, -0.05) is 11.6 Å². The van der Waals surface area contributed by atoms with E-state index in [9.17, 15) is 14.0 Å². The molecular formula is C21H17ClFN3O4. The van der Waals surface area contributed by atoms with Crippen LogP contribution >= 0.6 is 11.6 Å². The van der Waals surface area contributed by atoms with E-state index in [0.29, 0.717) is 22.8 Å². The third-order valence-electron chi connectivity index (χ3n) is 3.96. The number of hydrogen-bond donors (Lipinski definition) is 2. The summed E-state index contributed by atoms with van der Waals surface area (Å²) < 4.78 is 23.2. The molecule has 3 aromatic rings. The standard InChI is InChI=1S/C21H17ClFN3O4/c1-29-21(28)17-10-13(2-8-18(17)22)19-9-7-16(30-19)11-25-26-20(27)12-24-15-5-3-14(23)4-6-15/h2-11,24H,12H2,1H3,(H,26,27)/b25-11-. The van der Waals surface area contributed by atoms with Gasteiger partial charge in [-0.15, -0.1) is 0 Å². The van der Waals surface area contributed by atoms with E-state index in [2.05, 4.69) is 15.8 Å². The maximum atomic E-state index is 12.9. The summed E-state index contributed by atoms with van der Waals surface area (Å²) in [7, 11) is 1.27. The summed E-state index contributed by atoms with van der Waals surface area (Å²) in [4.78, 5) is 23.6. The molecule has 1 aromatic heterocycles. The van der Waals surface area contributed by atoms with Gasteiger partial charge in [0.2, 0.25) is 0 Å². The fourth-order valence-electron chi connectivity index (χ4n) is 2.48. The molecule has 0 saturated heterocycles. The lowest BCUT2D eigenvalue weighted by atomic mass is 10.1. The van der Waals surface area contributed by atoms with Crippen LogP contribution in [-0.2, 0) is 9.53 Å². The van der Waals surface area contributed by atoms with Crippen LogP contribution in [0.25, 0.3) is 11.3 Å². The molecule has 0 aliphatic rings. The topological polar surface area (TPSA) is 92.9 Å². The Kier molecular flexibility index (Phi) is 6.82. The van der Waals surface area contributed by atoms with Crippen LogP contribution in [0.15, 0.2) is 64.1 Å². The summed E-state index contributed by atoms with van der Waals surface area (Å²) in [5.41, 5.74) is 3.83. The SMILES string of the molecule is COC(=O)c1cc(-c2ccc(/C=N\NC(=O)CNc3ccc(F)cc3)o2)ccc1Cl. The van der Waals surface area contributed by atoms with Crippen LogP contribution in [-0.4, -0.2) is 31.7 Å². The number of nitrogens with zero attached hydrogens (tertiary/aromatic N) is 1. The number of hydrogen-bond acceptors (Lipinski definition) is 6. The summed E-state index contributed by atoms with van der Waals surface area (Å²) in [5, 5.41) is 6.95. The van der Waals surface area contributed by atoms with E-state index in [-0.39, 0.29) is 28.9 Å². The van der Waals surface area contributed by atoms with Crippen LogP contribution in [0.2, 0.25) is 5.02 Å². The second-order valence-electron chi connectivity index (χ2n) is 6.04. The third-order valence-corrected chi connectivity index (χ3v) is 4.29. The van der Waals surface area contributed by atoms with Crippen molar-refractivity contribution in [3.63, 3.8) is 0 Å². The highest BCUT2D eigenvalue weighted by atomic mass is 35.5.